The van der Waals surface area contributed by atoms with Crippen LogP contribution in [0.5, 0.6) is 0 Å². The molecule has 0 aliphatic carbocycles. The number of hydrogen-bond donors (Lipinski definition) is 5. The molecule has 0 radical (unpaired) electrons. The molecule has 0 rings (SSSR count). The van der Waals surface area contributed by atoms with Gasteiger partial charge in [-0.3, -0.25) is 9.11 Å². The first kappa shape index (κ1) is 19.3. The van der Waals surface area contributed by atoms with E-state index in [2.05, 4.69) is 0 Å². The van der Waals surface area contributed by atoms with Crippen molar-refractivity contribution in [1.82, 2.24) is 6.15 Å². The molecule has 0 aliphatic heterocycles. The summed E-state index contributed by atoms with van der Waals surface area (Å²) in [6, 6.07) is 0. The molecule has 0 aromatic heterocycles. The van der Waals surface area contributed by atoms with E-state index in [1.807, 2.05) is 27.7 Å². The van der Waals surface area contributed by atoms with Gasteiger partial charge in [0.2, 0.25) is 0 Å². The summed E-state index contributed by atoms with van der Waals surface area (Å²) >= 11 is 0. The van der Waals surface area contributed by atoms with Crippen molar-refractivity contribution < 1.29 is 17.5 Å². The van der Waals surface area contributed by atoms with Gasteiger partial charge in [0.15, 0.2) is 0 Å². The summed E-state index contributed by atoms with van der Waals surface area (Å²) in [7, 11) is -4.67. The van der Waals surface area contributed by atoms with Crippen LogP contribution in [-0.4, -0.2) is 28.6 Å². The zero-order chi connectivity index (χ0) is 11.5. The van der Waals surface area contributed by atoms with Gasteiger partial charge in [0, 0.05) is 11.1 Å². The Labute approximate surface area is 85.0 Å². The Kier molecular flexibility index (Phi) is 7.72. The first-order valence-corrected chi connectivity index (χ1v) is 4.92. The summed E-state index contributed by atoms with van der Waals surface area (Å²) in [6.07, 6.45) is 0. The third-order valence-electron chi connectivity index (χ3n) is 1.66. The Balaban J connectivity index is -0.000000177. The molecule has 0 amide bonds. The number of hydrogen-bond acceptors (Lipinski definition) is 5. The van der Waals surface area contributed by atoms with Gasteiger partial charge >= 0.3 is 10.4 Å². The predicted molar refractivity (Wildman–Crippen MR) is 55.7 cm³/mol. The smallest absolute Gasteiger partial charge is 0.344 e. The van der Waals surface area contributed by atoms with Crippen molar-refractivity contribution in [3.05, 3.63) is 0 Å². The third-order valence-corrected chi connectivity index (χ3v) is 1.66. The Morgan fingerprint density at radius 2 is 1.00 bits per heavy atom. The van der Waals surface area contributed by atoms with Crippen LogP contribution in [0, 0.1) is 0 Å². The maximum Gasteiger partial charge on any atom is 0.394 e. The van der Waals surface area contributed by atoms with Crippen LogP contribution >= 0.6 is 0 Å². The SMILES string of the molecule is CC(C)(N)C(C)(C)N.N.O=S(=O)(O)O. The van der Waals surface area contributed by atoms with Crippen LogP contribution in [0.1, 0.15) is 27.7 Å². The van der Waals surface area contributed by atoms with Gasteiger partial charge in [-0.05, 0) is 27.7 Å². The van der Waals surface area contributed by atoms with E-state index in [4.69, 9.17) is 29.0 Å². The second kappa shape index (κ2) is 5.59. The third kappa shape index (κ3) is 17.7. The van der Waals surface area contributed by atoms with Crippen molar-refractivity contribution in [2.45, 2.75) is 38.8 Å². The molecule has 7 nitrogen and oxygen atoms in total. The van der Waals surface area contributed by atoms with Crippen LogP contribution < -0.4 is 17.6 Å². The van der Waals surface area contributed by atoms with E-state index in [-0.39, 0.29) is 17.2 Å². The Hall–Kier alpha value is -0.250. The monoisotopic (exact) mass is 231 g/mol. The molecule has 0 aromatic carbocycles. The highest BCUT2D eigenvalue weighted by atomic mass is 32.3. The van der Waals surface area contributed by atoms with E-state index in [0.717, 1.165) is 0 Å². The summed E-state index contributed by atoms with van der Waals surface area (Å²) in [6.45, 7) is 7.69. The van der Waals surface area contributed by atoms with Gasteiger partial charge in [-0.1, -0.05) is 0 Å². The van der Waals surface area contributed by atoms with E-state index in [9.17, 15) is 0 Å². The highest BCUT2D eigenvalue weighted by molar-refractivity contribution is 7.79. The quantitative estimate of drug-likeness (QED) is 0.395. The fourth-order valence-electron chi connectivity index (χ4n) is 0. The molecule has 0 aliphatic rings. The normalized spacial score (nSPS) is 12.3. The summed E-state index contributed by atoms with van der Waals surface area (Å²) < 4.78 is 31.6. The molecule has 0 unspecified atom stereocenters. The lowest BCUT2D eigenvalue weighted by molar-refractivity contribution is 0.309. The second-order valence-corrected chi connectivity index (χ2v) is 4.79. The Morgan fingerprint density at radius 3 is 1.00 bits per heavy atom. The van der Waals surface area contributed by atoms with Crippen molar-refractivity contribution in [3.63, 3.8) is 0 Å². The molecule has 0 spiro atoms. The molecule has 0 saturated heterocycles. The Morgan fingerprint density at radius 1 is 0.929 bits per heavy atom. The minimum Gasteiger partial charge on any atom is -0.344 e. The first-order valence-electron chi connectivity index (χ1n) is 3.53. The molecule has 0 saturated carbocycles. The van der Waals surface area contributed by atoms with Crippen LogP contribution in [0.4, 0.5) is 0 Å². The van der Waals surface area contributed by atoms with Crippen molar-refractivity contribution in [3.8, 4) is 0 Å². The maximum absolute atomic E-state index is 8.74. The van der Waals surface area contributed by atoms with Crippen LogP contribution in [0.25, 0.3) is 0 Å². The first-order chi connectivity index (χ1) is 5.25. The second-order valence-electron chi connectivity index (χ2n) is 3.89. The molecule has 90 valence electrons. The maximum atomic E-state index is 8.74. The average Bonchev–Trinajstić information content (AvgIpc) is 1.50. The molecule has 8 heteroatoms. The van der Waals surface area contributed by atoms with Crippen LogP contribution in [-0.2, 0) is 10.4 Å². The fourth-order valence-corrected chi connectivity index (χ4v) is 0. The highest BCUT2D eigenvalue weighted by Gasteiger charge is 2.28. The van der Waals surface area contributed by atoms with Gasteiger partial charge in [0.1, 0.15) is 0 Å². The highest BCUT2D eigenvalue weighted by Crippen LogP contribution is 2.13. The zero-order valence-corrected chi connectivity index (χ0v) is 9.80. The molecular formula is C6H21N3O4S. The van der Waals surface area contributed by atoms with E-state index in [1.165, 1.54) is 0 Å². The number of rotatable bonds is 1. The van der Waals surface area contributed by atoms with Gasteiger partial charge < -0.3 is 17.6 Å². The van der Waals surface area contributed by atoms with Crippen LogP contribution in [0.2, 0.25) is 0 Å². The summed E-state index contributed by atoms with van der Waals surface area (Å²) in [5.74, 6) is 0. The molecule has 0 fully saturated rings. The topological polar surface area (TPSA) is 162 Å². The van der Waals surface area contributed by atoms with Gasteiger partial charge in [-0.15, -0.1) is 0 Å². The number of nitrogens with two attached hydrogens (primary N) is 2. The largest absolute Gasteiger partial charge is 0.394 e. The molecule has 0 atom stereocenters. The van der Waals surface area contributed by atoms with Crippen LogP contribution in [0.15, 0.2) is 0 Å². The lowest BCUT2D eigenvalue weighted by Gasteiger charge is -2.34. The fraction of sp³-hybridized carbons (Fsp3) is 1.00. The molecule has 0 heterocycles. The zero-order valence-electron chi connectivity index (χ0n) is 8.98. The Bertz CT molecular complexity index is 217. The van der Waals surface area contributed by atoms with Crippen molar-refractivity contribution in [2.75, 3.05) is 0 Å². The summed E-state index contributed by atoms with van der Waals surface area (Å²) in [4.78, 5) is 0. The molecule has 0 bridgehead atoms. The lowest BCUT2D eigenvalue weighted by Crippen LogP contribution is -2.58. The van der Waals surface area contributed by atoms with Gasteiger partial charge in [0.05, 0.1) is 0 Å². The van der Waals surface area contributed by atoms with Gasteiger partial charge in [-0.25, -0.2) is 0 Å². The molecule has 9 N–H and O–H groups in total. The molecule has 0 aromatic rings. The summed E-state index contributed by atoms with van der Waals surface area (Å²) in [5.41, 5.74) is 10.8. The van der Waals surface area contributed by atoms with E-state index < -0.39 is 10.4 Å². The van der Waals surface area contributed by atoms with Gasteiger partial charge in [-0.2, -0.15) is 8.42 Å². The summed E-state index contributed by atoms with van der Waals surface area (Å²) in [5, 5.41) is 0. The standard InChI is InChI=1S/C6H16N2.H3N.H2O4S/c1-5(2,7)6(3,4)8;;1-5(2,3)4/h7-8H2,1-4H3;1H3;(H2,1,2,3,4). The van der Waals surface area contributed by atoms with Crippen molar-refractivity contribution in [1.29, 1.82) is 0 Å². The van der Waals surface area contributed by atoms with Crippen LogP contribution in [0.3, 0.4) is 0 Å². The van der Waals surface area contributed by atoms with Crippen molar-refractivity contribution >= 4 is 10.4 Å². The van der Waals surface area contributed by atoms with E-state index in [1.54, 1.807) is 0 Å². The molecular weight excluding hydrogens is 210 g/mol. The molecule has 14 heavy (non-hydrogen) atoms. The van der Waals surface area contributed by atoms with E-state index in [0.29, 0.717) is 0 Å². The van der Waals surface area contributed by atoms with Gasteiger partial charge in [0.25, 0.3) is 0 Å². The minimum atomic E-state index is -4.67. The minimum absolute atomic E-state index is 0. The predicted octanol–water partition coefficient (Wildman–Crippen LogP) is -0.0298. The van der Waals surface area contributed by atoms with E-state index >= 15 is 0 Å². The van der Waals surface area contributed by atoms with Crippen molar-refractivity contribution in [2.24, 2.45) is 11.5 Å². The average molecular weight is 231 g/mol. The lowest BCUT2D eigenvalue weighted by atomic mass is 9.85.